The second-order valence-electron chi connectivity index (χ2n) is 9.37. The number of ether oxygens (including phenoxy) is 2. The van der Waals surface area contributed by atoms with Gasteiger partial charge in [0.25, 0.3) is 0 Å². The van der Waals surface area contributed by atoms with Crippen LogP contribution < -0.4 is 5.32 Å². The van der Waals surface area contributed by atoms with Crippen molar-refractivity contribution in [2.24, 2.45) is 10.8 Å². The molecule has 0 bridgehead atoms. The van der Waals surface area contributed by atoms with Gasteiger partial charge in [0.15, 0.2) is 0 Å². The second kappa shape index (κ2) is 10.9. The van der Waals surface area contributed by atoms with E-state index in [1.807, 2.05) is 0 Å². The molecule has 0 aromatic carbocycles. The number of carbonyl (C=O) groups is 3. The molecule has 1 aliphatic heterocycles. The van der Waals surface area contributed by atoms with Gasteiger partial charge in [-0.25, -0.2) is 0 Å². The van der Waals surface area contributed by atoms with Crippen molar-refractivity contribution in [1.82, 2.24) is 10.5 Å². The van der Waals surface area contributed by atoms with Crippen LogP contribution in [0.25, 0.3) is 0 Å². The van der Waals surface area contributed by atoms with E-state index in [0.717, 1.165) is 0 Å². The quantitative estimate of drug-likeness (QED) is 0.295. The summed E-state index contributed by atoms with van der Waals surface area (Å²) in [7, 11) is -4.23. The zero-order chi connectivity index (χ0) is 24.9. The Kier molecular flexibility index (Phi) is 8.94. The summed E-state index contributed by atoms with van der Waals surface area (Å²) in [6, 6.07) is 1.65. The van der Waals surface area contributed by atoms with Gasteiger partial charge in [0.1, 0.15) is 0 Å². The molecule has 1 saturated heterocycles. The van der Waals surface area contributed by atoms with E-state index in [1.54, 1.807) is 47.6 Å². The van der Waals surface area contributed by atoms with Crippen LogP contribution in [-0.4, -0.2) is 53.9 Å². The Labute approximate surface area is 192 Å². The van der Waals surface area contributed by atoms with E-state index in [0.29, 0.717) is 11.5 Å². The Hall–Kier alpha value is -2.11. The Balaban J connectivity index is 1.81. The first-order valence-corrected chi connectivity index (χ1v) is 12.1. The van der Waals surface area contributed by atoms with Crippen LogP contribution in [0.5, 0.6) is 0 Å². The predicted octanol–water partition coefficient (Wildman–Crippen LogP) is 1.94. The summed E-state index contributed by atoms with van der Waals surface area (Å²) in [5.41, 5.74) is -1.05. The summed E-state index contributed by atoms with van der Waals surface area (Å²) in [5.74, 6) is -1.01. The molecule has 1 aliphatic rings. The van der Waals surface area contributed by atoms with Crippen LogP contribution >= 0.6 is 8.17 Å². The van der Waals surface area contributed by atoms with Crippen molar-refractivity contribution in [3.8, 4) is 0 Å². The summed E-state index contributed by atoms with van der Waals surface area (Å²) in [5, 5.41) is 6.31. The molecule has 33 heavy (non-hydrogen) atoms. The van der Waals surface area contributed by atoms with Crippen molar-refractivity contribution < 1.29 is 46.8 Å². The first-order chi connectivity index (χ1) is 15.2. The van der Waals surface area contributed by atoms with E-state index in [4.69, 9.17) is 27.6 Å². The summed E-state index contributed by atoms with van der Waals surface area (Å²) in [4.78, 5) is 46.9. The standard InChI is InChI=1S/C20H33N2O10P/c1-13-9-14(22-31-13)10-27-15(23)7-8-21-17(24)16-20(5,6)11-29-33(26,32-16)30-12-28-18(25)19(2,3)4/h9,16,26,33H,7-8,10-12H2,1-6H3,(H,21,24)/t16-/m0/s1. The number of hydrogen-bond acceptors (Lipinski definition) is 11. The maximum atomic E-state index is 12.7. The first kappa shape index (κ1) is 27.1. The SMILES string of the molecule is Cc1cc(COC(=O)CCNC(=O)[C@@H]2O[PH](O)(OCOC(=O)C(C)(C)C)OCC2(C)C)no1. The van der Waals surface area contributed by atoms with E-state index >= 15 is 0 Å². The van der Waals surface area contributed by atoms with E-state index in [1.165, 1.54) is 0 Å². The number of nitrogens with zero attached hydrogens (tertiary/aromatic N) is 1. The monoisotopic (exact) mass is 492 g/mol. The fraction of sp³-hybridized carbons (Fsp3) is 0.700. The van der Waals surface area contributed by atoms with Gasteiger partial charge in [-0.2, -0.15) is 0 Å². The van der Waals surface area contributed by atoms with Gasteiger partial charge < -0.3 is 0 Å². The number of carbonyl (C=O) groups excluding carboxylic acids is 3. The molecule has 0 unspecified atom stereocenters. The predicted molar refractivity (Wildman–Crippen MR) is 115 cm³/mol. The molecule has 12 nitrogen and oxygen atoms in total. The summed E-state index contributed by atoms with van der Waals surface area (Å²) < 4.78 is 30.9. The first-order valence-electron chi connectivity index (χ1n) is 10.4. The number of nitrogens with one attached hydrogen (secondary N) is 1. The Bertz CT molecular complexity index is 850. The zero-order valence-electron chi connectivity index (χ0n) is 19.8. The maximum absolute atomic E-state index is 12.7. The fourth-order valence-electron chi connectivity index (χ4n) is 2.65. The minimum atomic E-state index is -4.23. The molecule has 2 heterocycles. The molecule has 188 valence electrons. The molecule has 0 saturated carbocycles. The van der Waals surface area contributed by atoms with E-state index in [-0.39, 0.29) is 26.2 Å². The van der Waals surface area contributed by atoms with Crippen molar-refractivity contribution in [2.75, 3.05) is 19.9 Å². The number of aromatic nitrogens is 1. The molecule has 1 fully saturated rings. The summed E-state index contributed by atoms with van der Waals surface area (Å²) in [6.45, 7) is 9.53. The average Bonchev–Trinajstić information content (AvgIpc) is 3.13. The second-order valence-corrected chi connectivity index (χ2v) is 11.2. The molecular formula is C20H33N2O10P. The van der Waals surface area contributed by atoms with E-state index < -0.39 is 49.7 Å². The van der Waals surface area contributed by atoms with Crippen molar-refractivity contribution in [1.29, 1.82) is 0 Å². The van der Waals surface area contributed by atoms with Gasteiger partial charge in [-0.1, -0.05) is 0 Å². The number of amides is 1. The minimum absolute atomic E-state index is 0.00363. The molecular weight excluding hydrogens is 459 g/mol. The average molecular weight is 492 g/mol. The van der Waals surface area contributed by atoms with Crippen LogP contribution in [0.1, 0.15) is 52.5 Å². The van der Waals surface area contributed by atoms with Gasteiger partial charge in [0.05, 0.1) is 0 Å². The summed E-state index contributed by atoms with van der Waals surface area (Å²) >= 11 is 0. The third kappa shape index (κ3) is 8.31. The summed E-state index contributed by atoms with van der Waals surface area (Å²) in [6.07, 6.45) is -1.19. The third-order valence-electron chi connectivity index (χ3n) is 4.57. The van der Waals surface area contributed by atoms with Crippen LogP contribution in [0.15, 0.2) is 10.6 Å². The molecule has 1 aromatic rings. The third-order valence-corrected chi connectivity index (χ3v) is 6.10. The van der Waals surface area contributed by atoms with Crippen molar-refractivity contribution in [3.05, 3.63) is 17.5 Å². The van der Waals surface area contributed by atoms with E-state index in [2.05, 4.69) is 10.5 Å². The van der Waals surface area contributed by atoms with Gasteiger partial charge in [0.2, 0.25) is 0 Å². The number of rotatable bonds is 9. The molecule has 1 atom stereocenters. The number of hydrogen-bond donors (Lipinski definition) is 2. The van der Waals surface area contributed by atoms with Gasteiger partial charge in [0, 0.05) is 0 Å². The van der Waals surface area contributed by atoms with Crippen LogP contribution in [-0.2, 0) is 44.0 Å². The zero-order valence-corrected chi connectivity index (χ0v) is 20.8. The van der Waals surface area contributed by atoms with E-state index in [9.17, 15) is 19.3 Å². The molecule has 0 spiro atoms. The number of esters is 2. The van der Waals surface area contributed by atoms with Gasteiger partial charge >= 0.3 is 185 Å². The molecule has 2 rings (SSSR count). The Morgan fingerprint density at radius 3 is 2.61 bits per heavy atom. The van der Waals surface area contributed by atoms with Crippen LogP contribution in [0, 0.1) is 17.8 Å². The van der Waals surface area contributed by atoms with Gasteiger partial charge in [-0.15, -0.1) is 0 Å². The fourth-order valence-corrected chi connectivity index (χ4v) is 4.35. The van der Waals surface area contributed by atoms with Crippen LogP contribution in [0.4, 0.5) is 0 Å². The van der Waals surface area contributed by atoms with Crippen molar-refractivity contribution in [3.63, 3.8) is 0 Å². The Morgan fingerprint density at radius 1 is 1.30 bits per heavy atom. The molecule has 1 amide bonds. The Morgan fingerprint density at radius 2 is 2.00 bits per heavy atom. The van der Waals surface area contributed by atoms with Crippen LogP contribution in [0.3, 0.4) is 0 Å². The molecule has 0 aliphatic carbocycles. The van der Waals surface area contributed by atoms with Crippen molar-refractivity contribution >= 4 is 26.0 Å². The molecule has 1 aromatic heterocycles. The normalized spacial score (nSPS) is 20.5. The molecule has 0 radical (unpaired) electrons. The topological polar surface area (TPSA) is 156 Å². The van der Waals surface area contributed by atoms with Gasteiger partial charge in [-0.3, -0.25) is 0 Å². The number of aryl methyl sites for hydroxylation is 1. The van der Waals surface area contributed by atoms with Gasteiger partial charge in [-0.05, 0) is 6.92 Å². The van der Waals surface area contributed by atoms with Crippen LogP contribution in [0.2, 0.25) is 0 Å². The van der Waals surface area contributed by atoms with Crippen molar-refractivity contribution in [2.45, 2.75) is 60.7 Å². The molecule has 2 N–H and O–H groups in total. The molecule has 13 heteroatoms.